The van der Waals surface area contributed by atoms with E-state index in [1.54, 1.807) is 18.9 Å². The van der Waals surface area contributed by atoms with Crippen molar-refractivity contribution in [3.05, 3.63) is 0 Å². The van der Waals surface area contributed by atoms with Gasteiger partial charge in [0.25, 0.3) is 0 Å². The molecule has 0 spiro atoms. The Morgan fingerprint density at radius 2 is 2.00 bits per heavy atom. The summed E-state index contributed by atoms with van der Waals surface area (Å²) in [5.41, 5.74) is 5.44. The molecule has 1 rings (SSSR count). The molecule has 1 aliphatic carbocycles. The Hall–Kier alpha value is -0.610. The van der Waals surface area contributed by atoms with Crippen LogP contribution in [0, 0.1) is 5.41 Å². The van der Waals surface area contributed by atoms with Crippen molar-refractivity contribution in [3.8, 4) is 0 Å². The monoisotopic (exact) mass is 228 g/mol. The first-order valence-corrected chi connectivity index (χ1v) is 6.15. The molecule has 1 aliphatic rings. The van der Waals surface area contributed by atoms with Gasteiger partial charge in [-0.2, -0.15) is 0 Å². The molecule has 0 bridgehead atoms. The zero-order chi connectivity index (χ0) is 12.2. The molecule has 1 atom stereocenters. The third kappa shape index (κ3) is 2.95. The average Bonchev–Trinajstić information content (AvgIpc) is 2.28. The van der Waals surface area contributed by atoms with Gasteiger partial charge in [-0.15, -0.1) is 0 Å². The maximum absolute atomic E-state index is 12.3. The first kappa shape index (κ1) is 13.5. The Bertz CT molecular complexity index is 235. The SMILES string of the molecule is CC(O)CN(C)C(=O)C1(CN)CCCCC1. The summed E-state index contributed by atoms with van der Waals surface area (Å²) in [5.74, 6) is 0.107. The van der Waals surface area contributed by atoms with Crippen LogP contribution in [-0.4, -0.2) is 42.2 Å². The Morgan fingerprint density at radius 3 is 2.44 bits per heavy atom. The van der Waals surface area contributed by atoms with Crippen LogP contribution in [0.5, 0.6) is 0 Å². The lowest BCUT2D eigenvalue weighted by atomic mass is 9.73. The highest BCUT2D eigenvalue weighted by Crippen LogP contribution is 2.36. The molecule has 0 heterocycles. The summed E-state index contributed by atoms with van der Waals surface area (Å²) in [6.07, 6.45) is 4.69. The maximum atomic E-state index is 12.3. The van der Waals surface area contributed by atoms with E-state index in [0.717, 1.165) is 25.7 Å². The lowest BCUT2D eigenvalue weighted by Gasteiger charge is -2.38. The standard InChI is InChI=1S/C12H24N2O2/c1-10(15)8-14(2)11(16)12(9-13)6-4-3-5-7-12/h10,15H,3-9,13H2,1-2H3. The molecule has 4 nitrogen and oxygen atoms in total. The van der Waals surface area contributed by atoms with Gasteiger partial charge in [-0.1, -0.05) is 19.3 Å². The molecule has 0 aliphatic heterocycles. The predicted octanol–water partition coefficient (Wildman–Crippen LogP) is 0.735. The van der Waals surface area contributed by atoms with Crippen molar-refractivity contribution in [1.29, 1.82) is 0 Å². The zero-order valence-electron chi connectivity index (χ0n) is 10.4. The van der Waals surface area contributed by atoms with Crippen LogP contribution in [0.25, 0.3) is 0 Å². The summed E-state index contributed by atoms with van der Waals surface area (Å²) in [7, 11) is 1.75. The largest absolute Gasteiger partial charge is 0.392 e. The number of likely N-dealkylation sites (N-methyl/N-ethyl adjacent to an activating group) is 1. The Morgan fingerprint density at radius 1 is 1.44 bits per heavy atom. The number of carbonyl (C=O) groups excluding carboxylic acids is 1. The number of aliphatic hydroxyl groups is 1. The third-order valence-electron chi connectivity index (χ3n) is 3.54. The summed E-state index contributed by atoms with van der Waals surface area (Å²) >= 11 is 0. The molecular formula is C12H24N2O2. The van der Waals surface area contributed by atoms with E-state index in [1.165, 1.54) is 6.42 Å². The van der Waals surface area contributed by atoms with Gasteiger partial charge in [-0.3, -0.25) is 4.79 Å². The van der Waals surface area contributed by atoms with Crippen molar-refractivity contribution in [2.45, 2.75) is 45.1 Å². The first-order chi connectivity index (χ1) is 7.52. The summed E-state index contributed by atoms with van der Waals surface area (Å²) < 4.78 is 0. The predicted molar refractivity (Wildman–Crippen MR) is 63.9 cm³/mol. The normalized spacial score (nSPS) is 21.5. The van der Waals surface area contributed by atoms with Gasteiger partial charge < -0.3 is 15.7 Å². The lowest BCUT2D eigenvalue weighted by molar-refractivity contribution is -0.143. The quantitative estimate of drug-likeness (QED) is 0.745. The summed E-state index contributed by atoms with van der Waals surface area (Å²) in [6.45, 7) is 2.51. The summed E-state index contributed by atoms with van der Waals surface area (Å²) in [4.78, 5) is 13.9. The smallest absolute Gasteiger partial charge is 0.229 e. The molecule has 1 amide bonds. The van der Waals surface area contributed by atoms with E-state index < -0.39 is 6.10 Å². The van der Waals surface area contributed by atoms with Crippen LogP contribution in [-0.2, 0) is 4.79 Å². The number of hydrogen-bond acceptors (Lipinski definition) is 3. The number of hydrogen-bond donors (Lipinski definition) is 2. The Kier molecular flexibility index (Phi) is 4.74. The first-order valence-electron chi connectivity index (χ1n) is 6.15. The number of amides is 1. The van der Waals surface area contributed by atoms with E-state index >= 15 is 0 Å². The molecule has 0 radical (unpaired) electrons. The molecule has 1 fully saturated rings. The fraction of sp³-hybridized carbons (Fsp3) is 0.917. The Labute approximate surface area is 97.8 Å². The van der Waals surface area contributed by atoms with E-state index in [-0.39, 0.29) is 11.3 Å². The fourth-order valence-electron chi connectivity index (χ4n) is 2.62. The molecule has 0 aromatic heterocycles. The molecule has 1 saturated carbocycles. The van der Waals surface area contributed by atoms with Crippen molar-refractivity contribution in [2.24, 2.45) is 11.1 Å². The van der Waals surface area contributed by atoms with Crippen molar-refractivity contribution in [3.63, 3.8) is 0 Å². The summed E-state index contributed by atoms with van der Waals surface area (Å²) in [6, 6.07) is 0. The Balaban J connectivity index is 2.67. The third-order valence-corrected chi connectivity index (χ3v) is 3.54. The van der Waals surface area contributed by atoms with Crippen molar-refractivity contribution in [1.82, 2.24) is 4.90 Å². The number of nitrogens with zero attached hydrogens (tertiary/aromatic N) is 1. The van der Waals surface area contributed by atoms with Crippen LogP contribution in [0.1, 0.15) is 39.0 Å². The number of nitrogens with two attached hydrogens (primary N) is 1. The summed E-state index contributed by atoms with van der Waals surface area (Å²) in [5, 5.41) is 9.30. The van der Waals surface area contributed by atoms with Crippen molar-refractivity contribution < 1.29 is 9.90 Å². The highest BCUT2D eigenvalue weighted by Gasteiger charge is 2.39. The number of aliphatic hydroxyl groups excluding tert-OH is 1. The molecule has 0 aromatic carbocycles. The van der Waals surface area contributed by atoms with Crippen LogP contribution in [0.15, 0.2) is 0 Å². The van der Waals surface area contributed by atoms with E-state index in [1.807, 2.05) is 0 Å². The lowest BCUT2D eigenvalue weighted by Crippen LogP contribution is -2.49. The van der Waals surface area contributed by atoms with Gasteiger partial charge in [0.1, 0.15) is 0 Å². The van der Waals surface area contributed by atoms with Crippen LogP contribution in [0.2, 0.25) is 0 Å². The molecule has 0 aromatic rings. The van der Waals surface area contributed by atoms with Gasteiger partial charge in [0.05, 0.1) is 11.5 Å². The highest BCUT2D eigenvalue weighted by atomic mass is 16.3. The minimum absolute atomic E-state index is 0.107. The van der Waals surface area contributed by atoms with Gasteiger partial charge in [0, 0.05) is 20.1 Å². The maximum Gasteiger partial charge on any atom is 0.229 e. The minimum Gasteiger partial charge on any atom is -0.392 e. The van der Waals surface area contributed by atoms with Gasteiger partial charge in [0.15, 0.2) is 0 Å². The van der Waals surface area contributed by atoms with Crippen molar-refractivity contribution >= 4 is 5.91 Å². The topological polar surface area (TPSA) is 66.6 Å². The van der Waals surface area contributed by atoms with Crippen LogP contribution >= 0.6 is 0 Å². The average molecular weight is 228 g/mol. The fourth-order valence-corrected chi connectivity index (χ4v) is 2.62. The highest BCUT2D eigenvalue weighted by molar-refractivity contribution is 5.83. The minimum atomic E-state index is -0.479. The number of carbonyl (C=O) groups is 1. The van der Waals surface area contributed by atoms with Gasteiger partial charge >= 0.3 is 0 Å². The van der Waals surface area contributed by atoms with Crippen LogP contribution in [0.3, 0.4) is 0 Å². The van der Waals surface area contributed by atoms with E-state index in [9.17, 15) is 9.90 Å². The number of rotatable bonds is 4. The van der Waals surface area contributed by atoms with E-state index in [0.29, 0.717) is 13.1 Å². The van der Waals surface area contributed by atoms with Crippen LogP contribution < -0.4 is 5.73 Å². The molecule has 0 saturated heterocycles. The molecule has 16 heavy (non-hydrogen) atoms. The van der Waals surface area contributed by atoms with Gasteiger partial charge in [-0.05, 0) is 19.8 Å². The molecule has 4 heteroatoms. The molecule has 94 valence electrons. The van der Waals surface area contributed by atoms with E-state index in [2.05, 4.69) is 0 Å². The second-order valence-corrected chi connectivity index (χ2v) is 5.08. The van der Waals surface area contributed by atoms with Crippen LogP contribution in [0.4, 0.5) is 0 Å². The molecular weight excluding hydrogens is 204 g/mol. The second kappa shape index (κ2) is 5.64. The van der Waals surface area contributed by atoms with Gasteiger partial charge in [0.2, 0.25) is 5.91 Å². The van der Waals surface area contributed by atoms with Gasteiger partial charge in [-0.25, -0.2) is 0 Å². The molecule has 3 N–H and O–H groups in total. The van der Waals surface area contributed by atoms with E-state index in [4.69, 9.17) is 5.73 Å². The second-order valence-electron chi connectivity index (χ2n) is 5.08. The molecule has 1 unspecified atom stereocenters. The zero-order valence-corrected chi connectivity index (χ0v) is 10.4. The van der Waals surface area contributed by atoms with Crippen molar-refractivity contribution in [2.75, 3.05) is 20.1 Å².